The van der Waals surface area contributed by atoms with Crippen LogP contribution in [-0.4, -0.2) is 34.6 Å². The molecule has 4 rings (SSSR count). The lowest BCUT2D eigenvalue weighted by Gasteiger charge is -2.09. The van der Waals surface area contributed by atoms with E-state index in [1.807, 2.05) is 54.6 Å². The van der Waals surface area contributed by atoms with Crippen LogP contribution in [0.2, 0.25) is 0 Å². The molecule has 1 heterocycles. The van der Waals surface area contributed by atoms with Gasteiger partial charge in [0.2, 0.25) is 0 Å². The second kappa shape index (κ2) is 11.6. The van der Waals surface area contributed by atoms with E-state index in [2.05, 4.69) is 16.6 Å². The van der Waals surface area contributed by atoms with Crippen LogP contribution in [0.3, 0.4) is 0 Å². The van der Waals surface area contributed by atoms with Gasteiger partial charge in [0, 0.05) is 46.4 Å². The summed E-state index contributed by atoms with van der Waals surface area (Å²) in [4.78, 5) is 41.5. The first-order valence-corrected chi connectivity index (χ1v) is 12.4. The van der Waals surface area contributed by atoms with E-state index in [-0.39, 0.29) is 18.2 Å². The van der Waals surface area contributed by atoms with E-state index in [9.17, 15) is 14.4 Å². The minimum Gasteiger partial charge on any atom is -0.466 e. The van der Waals surface area contributed by atoms with Gasteiger partial charge in [-0.2, -0.15) is 0 Å². The predicted octanol–water partition coefficient (Wildman–Crippen LogP) is 6.05. The lowest BCUT2D eigenvalue weighted by Crippen LogP contribution is -2.10. The van der Waals surface area contributed by atoms with Crippen LogP contribution >= 0.6 is 0 Å². The highest BCUT2D eigenvalue weighted by Gasteiger charge is 2.17. The van der Waals surface area contributed by atoms with Gasteiger partial charge in [-0.15, -0.1) is 0 Å². The molecule has 0 spiro atoms. The van der Waals surface area contributed by atoms with Gasteiger partial charge in [0.25, 0.3) is 0 Å². The standard InChI is InChI=1S/C30H30N2O5/c1-4-5-17-36-29(34)15-16-32-27-13-11-23(20(2)31-37-21(3)33)18-25(27)26-19-24(12-14-28(26)32)30(35)22-9-7-6-8-10-22/h6-14,18-19H,4-5,15-17H2,1-3H3/b31-20-. The minimum absolute atomic E-state index is 0.0633. The first kappa shape index (κ1) is 25.8. The first-order chi connectivity index (χ1) is 17.9. The highest BCUT2D eigenvalue weighted by molar-refractivity contribution is 6.16. The molecule has 0 amide bonds. The van der Waals surface area contributed by atoms with Crippen LogP contribution in [0.5, 0.6) is 0 Å². The van der Waals surface area contributed by atoms with Crippen molar-refractivity contribution in [2.45, 2.75) is 46.6 Å². The fourth-order valence-corrected chi connectivity index (χ4v) is 4.26. The Bertz CT molecular complexity index is 1480. The van der Waals surface area contributed by atoms with Crippen molar-refractivity contribution in [1.29, 1.82) is 0 Å². The second-order valence-electron chi connectivity index (χ2n) is 8.89. The second-order valence-corrected chi connectivity index (χ2v) is 8.89. The molecule has 0 aliphatic rings. The van der Waals surface area contributed by atoms with Gasteiger partial charge < -0.3 is 14.1 Å². The third-order valence-corrected chi connectivity index (χ3v) is 6.19. The zero-order valence-electron chi connectivity index (χ0n) is 21.3. The summed E-state index contributed by atoms with van der Waals surface area (Å²) in [5.41, 5.74) is 4.36. The number of oxime groups is 1. The number of hydrogen-bond donors (Lipinski definition) is 0. The highest BCUT2D eigenvalue weighted by Crippen LogP contribution is 2.32. The predicted molar refractivity (Wildman–Crippen MR) is 144 cm³/mol. The van der Waals surface area contributed by atoms with Crippen LogP contribution in [0, 0.1) is 0 Å². The van der Waals surface area contributed by atoms with Crippen molar-refractivity contribution in [3.8, 4) is 0 Å². The van der Waals surface area contributed by atoms with Crippen molar-refractivity contribution in [3.63, 3.8) is 0 Å². The van der Waals surface area contributed by atoms with Crippen molar-refractivity contribution in [2.24, 2.45) is 5.16 Å². The fraction of sp³-hybridized carbons (Fsp3) is 0.267. The van der Waals surface area contributed by atoms with E-state index in [0.29, 0.717) is 30.0 Å². The Kier molecular flexibility index (Phi) is 8.13. The van der Waals surface area contributed by atoms with E-state index in [1.54, 1.807) is 19.1 Å². The first-order valence-electron chi connectivity index (χ1n) is 12.4. The lowest BCUT2D eigenvalue weighted by molar-refractivity contribution is -0.144. The monoisotopic (exact) mass is 498 g/mol. The van der Waals surface area contributed by atoms with Gasteiger partial charge in [0.15, 0.2) is 5.78 Å². The lowest BCUT2D eigenvalue weighted by atomic mass is 10.0. The van der Waals surface area contributed by atoms with Crippen LogP contribution < -0.4 is 0 Å². The number of hydrogen-bond acceptors (Lipinski definition) is 6. The number of unbranched alkanes of at least 4 members (excludes halogenated alkanes) is 1. The maximum Gasteiger partial charge on any atom is 0.331 e. The van der Waals surface area contributed by atoms with Gasteiger partial charge in [-0.05, 0) is 49.2 Å². The topological polar surface area (TPSA) is 87.0 Å². The molecule has 0 atom stereocenters. The molecule has 7 nitrogen and oxygen atoms in total. The number of ketones is 1. The van der Waals surface area contributed by atoms with Crippen molar-refractivity contribution >= 4 is 45.2 Å². The number of carbonyl (C=O) groups is 3. The molecule has 0 bridgehead atoms. The van der Waals surface area contributed by atoms with E-state index in [1.165, 1.54) is 6.92 Å². The molecule has 0 aliphatic heterocycles. The van der Waals surface area contributed by atoms with Crippen LogP contribution in [0.4, 0.5) is 0 Å². The molecule has 3 aromatic carbocycles. The van der Waals surface area contributed by atoms with Crippen LogP contribution in [0.15, 0.2) is 71.9 Å². The molecule has 7 heteroatoms. The fourth-order valence-electron chi connectivity index (χ4n) is 4.26. The summed E-state index contributed by atoms with van der Waals surface area (Å²) in [7, 11) is 0. The average molecular weight is 499 g/mol. The van der Waals surface area contributed by atoms with Gasteiger partial charge >= 0.3 is 11.9 Å². The maximum absolute atomic E-state index is 13.2. The molecule has 190 valence electrons. The molecular formula is C30H30N2O5. The quantitative estimate of drug-likeness (QED) is 0.0664. The summed E-state index contributed by atoms with van der Waals surface area (Å²) >= 11 is 0. The Morgan fingerprint density at radius 3 is 2.14 bits per heavy atom. The van der Waals surface area contributed by atoms with Gasteiger partial charge in [-0.3, -0.25) is 9.59 Å². The van der Waals surface area contributed by atoms with E-state index in [0.717, 1.165) is 40.2 Å². The maximum atomic E-state index is 13.2. The molecule has 1 aromatic heterocycles. The minimum atomic E-state index is -0.494. The summed E-state index contributed by atoms with van der Waals surface area (Å²) < 4.78 is 7.42. The number of carbonyl (C=O) groups excluding carboxylic acids is 3. The van der Waals surface area contributed by atoms with E-state index in [4.69, 9.17) is 9.57 Å². The number of rotatable bonds is 10. The Morgan fingerprint density at radius 1 is 0.838 bits per heavy atom. The summed E-state index contributed by atoms with van der Waals surface area (Å²) in [6.07, 6.45) is 2.05. The summed E-state index contributed by atoms with van der Waals surface area (Å²) in [5, 5.41) is 5.71. The molecule has 4 aromatic rings. The smallest absolute Gasteiger partial charge is 0.331 e. The van der Waals surface area contributed by atoms with Crippen molar-refractivity contribution in [1.82, 2.24) is 4.57 Å². The van der Waals surface area contributed by atoms with Crippen LogP contribution in [0.25, 0.3) is 21.8 Å². The molecule has 37 heavy (non-hydrogen) atoms. The molecule has 0 unspecified atom stereocenters. The van der Waals surface area contributed by atoms with Gasteiger partial charge in [0.1, 0.15) is 0 Å². The van der Waals surface area contributed by atoms with Gasteiger partial charge in [-0.1, -0.05) is 54.9 Å². The van der Waals surface area contributed by atoms with Crippen LogP contribution in [0.1, 0.15) is 61.5 Å². The third kappa shape index (κ3) is 5.94. The number of esters is 1. The van der Waals surface area contributed by atoms with Crippen LogP contribution in [-0.2, 0) is 25.7 Å². The van der Waals surface area contributed by atoms with E-state index >= 15 is 0 Å². The summed E-state index contributed by atoms with van der Waals surface area (Å²) in [5.74, 6) is -0.793. The molecule has 0 saturated carbocycles. The molecule has 0 aliphatic carbocycles. The third-order valence-electron chi connectivity index (χ3n) is 6.19. The summed E-state index contributed by atoms with van der Waals surface area (Å²) in [6.45, 7) is 5.98. The average Bonchev–Trinajstić information content (AvgIpc) is 3.22. The molecule has 0 radical (unpaired) electrons. The molecule has 0 fully saturated rings. The summed E-state index contributed by atoms with van der Waals surface area (Å²) in [6, 6.07) is 20.6. The highest BCUT2D eigenvalue weighted by atomic mass is 16.7. The van der Waals surface area contributed by atoms with Gasteiger partial charge in [0.05, 0.1) is 18.7 Å². The normalized spacial score (nSPS) is 11.6. The number of aromatic nitrogens is 1. The Morgan fingerprint density at radius 2 is 1.49 bits per heavy atom. The largest absolute Gasteiger partial charge is 0.466 e. The Hall–Kier alpha value is -4.26. The zero-order valence-corrected chi connectivity index (χ0v) is 21.3. The SMILES string of the molecule is CCCCOC(=O)CCn1c2ccc(C(=O)c3ccccc3)cc2c2cc(/C(C)=N\OC(C)=O)ccc21. The number of ether oxygens (including phenoxy) is 1. The number of nitrogens with zero attached hydrogens (tertiary/aromatic N) is 2. The number of aryl methyl sites for hydroxylation is 1. The molecule has 0 saturated heterocycles. The number of benzene rings is 3. The Labute approximate surface area is 215 Å². The van der Waals surface area contributed by atoms with Crippen molar-refractivity contribution < 1.29 is 24.0 Å². The van der Waals surface area contributed by atoms with E-state index < -0.39 is 5.97 Å². The van der Waals surface area contributed by atoms with Crippen molar-refractivity contribution in [2.75, 3.05) is 6.61 Å². The molecular weight excluding hydrogens is 468 g/mol. The zero-order chi connectivity index (χ0) is 26.4. The van der Waals surface area contributed by atoms with Gasteiger partial charge in [-0.25, -0.2) is 4.79 Å². The van der Waals surface area contributed by atoms with Crippen molar-refractivity contribution in [3.05, 3.63) is 83.4 Å². The Balaban J connectivity index is 1.77. The molecule has 0 N–H and O–H groups in total. The number of fused-ring (bicyclic) bond motifs is 3.